The Morgan fingerprint density at radius 3 is 2.69 bits per heavy atom. The van der Waals surface area contributed by atoms with Gasteiger partial charge in [-0.15, -0.1) is 0 Å². The van der Waals surface area contributed by atoms with Crippen molar-refractivity contribution < 1.29 is 9.18 Å². The fourth-order valence-corrected chi connectivity index (χ4v) is 2.49. The summed E-state index contributed by atoms with van der Waals surface area (Å²) in [6.07, 6.45) is 0.00301. The summed E-state index contributed by atoms with van der Waals surface area (Å²) in [5, 5.41) is 9.15. The number of halogens is 2. The molecule has 4 heteroatoms. The summed E-state index contributed by atoms with van der Waals surface area (Å²) in [4.78, 5) is 11.1. The summed E-state index contributed by atoms with van der Waals surface area (Å²) in [5.41, 5.74) is -0.886. The predicted molar refractivity (Wildman–Crippen MR) is 62.4 cm³/mol. The minimum Gasteiger partial charge on any atom is -0.300 e. The van der Waals surface area contributed by atoms with Crippen molar-refractivity contribution in [2.24, 2.45) is 0 Å². The lowest BCUT2D eigenvalue weighted by atomic mass is 9.79. The summed E-state index contributed by atoms with van der Waals surface area (Å²) < 4.78 is 14.2. The minimum absolute atomic E-state index is 0.00301. The zero-order chi connectivity index (χ0) is 12.3. The second-order valence-electron chi connectivity index (χ2n) is 3.92. The van der Waals surface area contributed by atoms with Gasteiger partial charge in [0.05, 0.1) is 11.5 Å². The van der Waals surface area contributed by atoms with Crippen molar-refractivity contribution >= 4 is 21.7 Å². The van der Waals surface area contributed by atoms with E-state index in [1.807, 2.05) is 6.07 Å². The molecule has 0 aliphatic heterocycles. The summed E-state index contributed by atoms with van der Waals surface area (Å²) in [6.45, 7) is 2.96. The number of rotatable bonds is 3. The molecule has 1 unspecified atom stereocenters. The molecule has 0 spiro atoms. The van der Waals surface area contributed by atoms with Gasteiger partial charge in [0.15, 0.2) is 0 Å². The van der Waals surface area contributed by atoms with Gasteiger partial charge in [0.25, 0.3) is 0 Å². The van der Waals surface area contributed by atoms with Crippen molar-refractivity contribution in [1.29, 1.82) is 5.26 Å². The number of carbonyl (C=O) groups excluding carboxylic acids is 1. The van der Waals surface area contributed by atoms with Crippen molar-refractivity contribution in [3.8, 4) is 6.07 Å². The van der Waals surface area contributed by atoms with E-state index in [-0.39, 0.29) is 17.8 Å². The highest BCUT2D eigenvalue weighted by atomic mass is 79.9. The molecule has 0 radical (unpaired) electrons. The fourth-order valence-electron chi connectivity index (χ4n) is 1.71. The van der Waals surface area contributed by atoms with Crippen LogP contribution in [0, 0.1) is 17.1 Å². The van der Waals surface area contributed by atoms with Crippen molar-refractivity contribution in [2.45, 2.75) is 25.7 Å². The first kappa shape index (κ1) is 12.9. The number of nitrogens with zero attached hydrogens (tertiary/aromatic N) is 1. The van der Waals surface area contributed by atoms with Crippen molar-refractivity contribution in [1.82, 2.24) is 0 Å². The summed E-state index contributed by atoms with van der Waals surface area (Å²) in [7, 11) is 0. The number of ketones is 1. The number of benzene rings is 1. The van der Waals surface area contributed by atoms with E-state index in [9.17, 15) is 9.18 Å². The minimum atomic E-state index is -1.13. The van der Waals surface area contributed by atoms with Crippen LogP contribution in [-0.4, -0.2) is 5.78 Å². The molecule has 0 aromatic heterocycles. The monoisotopic (exact) mass is 283 g/mol. The van der Waals surface area contributed by atoms with Gasteiger partial charge in [-0.1, -0.05) is 22.0 Å². The first-order valence-corrected chi connectivity index (χ1v) is 5.55. The maximum atomic E-state index is 13.7. The number of hydrogen-bond acceptors (Lipinski definition) is 2. The van der Waals surface area contributed by atoms with E-state index in [0.717, 1.165) is 0 Å². The summed E-state index contributed by atoms with van der Waals surface area (Å²) in [5.74, 6) is -0.612. The first-order valence-electron chi connectivity index (χ1n) is 4.76. The molecule has 16 heavy (non-hydrogen) atoms. The van der Waals surface area contributed by atoms with E-state index in [0.29, 0.717) is 4.47 Å². The van der Waals surface area contributed by atoms with E-state index < -0.39 is 11.2 Å². The van der Waals surface area contributed by atoms with Gasteiger partial charge in [0.1, 0.15) is 11.6 Å². The molecule has 1 rings (SSSR count). The van der Waals surface area contributed by atoms with Crippen LogP contribution in [-0.2, 0) is 10.2 Å². The molecule has 1 atom stereocenters. The SMILES string of the molecule is CC(=O)CC(C)(C#N)c1c(F)cccc1Br. The third kappa shape index (κ3) is 2.48. The summed E-state index contributed by atoms with van der Waals surface area (Å²) >= 11 is 3.21. The van der Waals surface area contributed by atoms with Crippen LogP contribution >= 0.6 is 15.9 Å². The van der Waals surface area contributed by atoms with E-state index in [4.69, 9.17) is 5.26 Å². The molecule has 0 N–H and O–H groups in total. The van der Waals surface area contributed by atoms with Crippen LogP contribution in [0.25, 0.3) is 0 Å². The molecule has 2 nitrogen and oxygen atoms in total. The lowest BCUT2D eigenvalue weighted by Crippen LogP contribution is -2.24. The van der Waals surface area contributed by atoms with Crippen LogP contribution in [0.15, 0.2) is 22.7 Å². The van der Waals surface area contributed by atoms with Crippen LogP contribution in [0.3, 0.4) is 0 Å². The lowest BCUT2D eigenvalue weighted by molar-refractivity contribution is -0.117. The van der Waals surface area contributed by atoms with Gasteiger partial charge in [-0.3, -0.25) is 4.79 Å². The highest BCUT2D eigenvalue weighted by Gasteiger charge is 2.33. The number of hydrogen-bond donors (Lipinski definition) is 0. The maximum Gasteiger partial charge on any atom is 0.131 e. The van der Waals surface area contributed by atoms with Gasteiger partial charge in [-0.05, 0) is 26.0 Å². The molecule has 0 saturated carbocycles. The Morgan fingerprint density at radius 1 is 1.62 bits per heavy atom. The Morgan fingerprint density at radius 2 is 2.25 bits per heavy atom. The van der Waals surface area contributed by atoms with Gasteiger partial charge in [-0.2, -0.15) is 5.26 Å². The van der Waals surface area contributed by atoms with Gasteiger partial charge in [0, 0.05) is 16.5 Å². The number of Topliss-reactive ketones (excluding diaryl/α,β-unsaturated/α-hetero) is 1. The molecule has 1 aromatic rings. The maximum absolute atomic E-state index is 13.7. The molecule has 0 aliphatic carbocycles. The normalized spacial score (nSPS) is 13.9. The fraction of sp³-hybridized carbons (Fsp3) is 0.333. The Kier molecular flexibility index (Phi) is 3.82. The molecular formula is C12H11BrFNO. The van der Waals surface area contributed by atoms with E-state index in [2.05, 4.69) is 15.9 Å². The van der Waals surface area contributed by atoms with Gasteiger partial charge in [-0.25, -0.2) is 4.39 Å². The van der Waals surface area contributed by atoms with E-state index in [1.54, 1.807) is 19.1 Å². The van der Waals surface area contributed by atoms with E-state index >= 15 is 0 Å². The van der Waals surface area contributed by atoms with Gasteiger partial charge < -0.3 is 0 Å². The van der Waals surface area contributed by atoms with Crippen LogP contribution in [0.2, 0.25) is 0 Å². The highest BCUT2D eigenvalue weighted by molar-refractivity contribution is 9.10. The number of nitriles is 1. The molecule has 0 aliphatic rings. The molecule has 0 bridgehead atoms. The Bertz CT molecular complexity index is 446. The standard InChI is InChI=1S/C12H11BrFNO/c1-8(16)6-12(2,7-15)11-9(13)4-3-5-10(11)14/h3-5H,6H2,1-2H3. The van der Waals surface area contributed by atoms with E-state index in [1.165, 1.54) is 13.0 Å². The summed E-state index contributed by atoms with van der Waals surface area (Å²) in [6, 6.07) is 6.52. The van der Waals surface area contributed by atoms with Crippen molar-refractivity contribution in [2.75, 3.05) is 0 Å². The molecule has 0 amide bonds. The Labute approximate surface area is 102 Å². The van der Waals surface area contributed by atoms with Crippen molar-refractivity contribution in [3.63, 3.8) is 0 Å². The molecular weight excluding hydrogens is 273 g/mol. The smallest absolute Gasteiger partial charge is 0.131 e. The van der Waals surface area contributed by atoms with Gasteiger partial charge >= 0.3 is 0 Å². The Balaban J connectivity index is 3.34. The van der Waals surface area contributed by atoms with Gasteiger partial charge in [0.2, 0.25) is 0 Å². The molecule has 0 saturated heterocycles. The molecule has 0 fully saturated rings. The van der Waals surface area contributed by atoms with Crippen LogP contribution < -0.4 is 0 Å². The first-order chi connectivity index (χ1) is 7.40. The Hall–Kier alpha value is -1.21. The third-order valence-corrected chi connectivity index (χ3v) is 3.02. The molecule has 1 aromatic carbocycles. The van der Waals surface area contributed by atoms with Crippen LogP contribution in [0.1, 0.15) is 25.8 Å². The second-order valence-corrected chi connectivity index (χ2v) is 4.77. The van der Waals surface area contributed by atoms with Crippen LogP contribution in [0.4, 0.5) is 4.39 Å². The quantitative estimate of drug-likeness (QED) is 0.854. The third-order valence-electron chi connectivity index (χ3n) is 2.36. The molecule has 0 heterocycles. The lowest BCUT2D eigenvalue weighted by Gasteiger charge is -2.22. The van der Waals surface area contributed by atoms with Crippen molar-refractivity contribution in [3.05, 3.63) is 34.1 Å². The zero-order valence-corrected chi connectivity index (χ0v) is 10.6. The largest absolute Gasteiger partial charge is 0.300 e. The van der Waals surface area contributed by atoms with Crippen LogP contribution in [0.5, 0.6) is 0 Å². The molecule has 84 valence electrons. The zero-order valence-electron chi connectivity index (χ0n) is 9.05. The average Bonchev–Trinajstić information content (AvgIpc) is 2.16. The highest BCUT2D eigenvalue weighted by Crippen LogP contribution is 2.34. The topological polar surface area (TPSA) is 40.9 Å². The average molecular weight is 284 g/mol. The second kappa shape index (κ2) is 4.75. The predicted octanol–water partition coefficient (Wildman–Crippen LogP) is 3.35. The number of carbonyl (C=O) groups is 1.